The van der Waals surface area contributed by atoms with E-state index in [1.807, 2.05) is 0 Å². The number of aromatic nitrogens is 1. The molecule has 0 aliphatic heterocycles. The average Bonchev–Trinajstić information content (AvgIpc) is 2.69. The predicted octanol–water partition coefficient (Wildman–Crippen LogP) is 2.52. The minimum Gasteiger partial charge on any atom is -0.439 e. The highest BCUT2D eigenvalue weighted by Crippen LogP contribution is 2.19. The zero-order valence-electron chi connectivity index (χ0n) is 15.2. The van der Waals surface area contributed by atoms with Gasteiger partial charge in [0.25, 0.3) is 0 Å². The molecule has 3 aromatic rings. The number of benzene rings is 2. The van der Waals surface area contributed by atoms with Gasteiger partial charge in [-0.2, -0.15) is 0 Å². The average molecular weight is 415 g/mol. The summed E-state index contributed by atoms with van der Waals surface area (Å²) >= 11 is 0. The summed E-state index contributed by atoms with van der Waals surface area (Å²) in [6.45, 7) is 0.276. The Morgan fingerprint density at radius 3 is 2.24 bits per heavy atom. The van der Waals surface area contributed by atoms with Gasteiger partial charge in [0.15, 0.2) is 0 Å². The summed E-state index contributed by atoms with van der Waals surface area (Å²) in [5.74, 6) is 0.242. The molecule has 0 saturated heterocycles. The number of nitrogens with two attached hydrogens (primary N) is 1. The number of nitrogens with one attached hydrogen (secondary N) is 1. The molecule has 1 heterocycles. The lowest BCUT2D eigenvalue weighted by Crippen LogP contribution is -2.24. The first-order chi connectivity index (χ1) is 13.8. The van der Waals surface area contributed by atoms with Crippen molar-refractivity contribution in [1.29, 1.82) is 0 Å². The Balaban J connectivity index is 1.50. The van der Waals surface area contributed by atoms with E-state index >= 15 is 0 Å². The second kappa shape index (κ2) is 8.80. The molecule has 0 unspecified atom stereocenters. The van der Waals surface area contributed by atoms with Crippen molar-refractivity contribution in [2.45, 2.75) is 17.9 Å². The van der Waals surface area contributed by atoms with Gasteiger partial charge in [-0.15, -0.1) is 0 Å². The smallest absolute Gasteiger partial charge is 0.238 e. The Labute approximate surface area is 167 Å². The van der Waals surface area contributed by atoms with Gasteiger partial charge >= 0.3 is 0 Å². The molecule has 0 aliphatic rings. The number of rotatable bonds is 7. The standard InChI is InChI=1S/C20H18FN3O4S/c21-16-4-6-17(7-5-16)28-20-10-3-15(13-24-20)12-23-19(25)11-14-1-8-18(9-2-14)29(22,26)27/h1-10,13H,11-12H2,(H,23,25)(H2,22,26,27). The fourth-order valence-corrected chi connectivity index (χ4v) is 2.96. The van der Waals surface area contributed by atoms with Gasteiger partial charge in [0.1, 0.15) is 11.6 Å². The topological polar surface area (TPSA) is 111 Å². The third-order valence-electron chi connectivity index (χ3n) is 3.94. The molecule has 0 spiro atoms. The second-order valence-electron chi connectivity index (χ2n) is 6.20. The predicted molar refractivity (Wildman–Crippen MR) is 104 cm³/mol. The van der Waals surface area contributed by atoms with Crippen LogP contribution in [-0.2, 0) is 27.8 Å². The van der Waals surface area contributed by atoms with Gasteiger partial charge in [0.05, 0.1) is 11.3 Å². The Morgan fingerprint density at radius 1 is 1.00 bits per heavy atom. The summed E-state index contributed by atoms with van der Waals surface area (Å²) in [6, 6.07) is 14.8. The lowest BCUT2D eigenvalue weighted by Gasteiger charge is -2.08. The molecule has 1 amide bonds. The first-order valence-corrected chi connectivity index (χ1v) is 10.1. The van der Waals surface area contributed by atoms with E-state index < -0.39 is 10.0 Å². The van der Waals surface area contributed by atoms with E-state index in [1.165, 1.54) is 36.4 Å². The maximum Gasteiger partial charge on any atom is 0.238 e. The van der Waals surface area contributed by atoms with E-state index in [1.54, 1.807) is 30.5 Å². The van der Waals surface area contributed by atoms with Crippen molar-refractivity contribution in [3.63, 3.8) is 0 Å². The molecule has 0 fully saturated rings. The number of halogens is 1. The number of ether oxygens (including phenoxy) is 1. The quantitative estimate of drug-likeness (QED) is 0.616. The van der Waals surface area contributed by atoms with Crippen LogP contribution in [0.4, 0.5) is 4.39 Å². The Hall–Kier alpha value is -3.30. The minimum absolute atomic E-state index is 0.00400. The molecule has 2 aromatic carbocycles. The SMILES string of the molecule is NS(=O)(=O)c1ccc(CC(=O)NCc2ccc(Oc3ccc(F)cc3)nc2)cc1. The fraction of sp³-hybridized carbons (Fsp3) is 0.100. The van der Waals surface area contributed by atoms with Crippen molar-refractivity contribution in [3.05, 3.63) is 83.8 Å². The molecule has 0 atom stereocenters. The first-order valence-electron chi connectivity index (χ1n) is 8.56. The number of pyridine rings is 1. The highest BCUT2D eigenvalue weighted by atomic mass is 32.2. The van der Waals surface area contributed by atoms with Crippen LogP contribution in [0.1, 0.15) is 11.1 Å². The van der Waals surface area contributed by atoms with E-state index in [0.29, 0.717) is 17.2 Å². The van der Waals surface area contributed by atoms with Crippen molar-refractivity contribution < 1.29 is 22.3 Å². The molecule has 150 valence electrons. The minimum atomic E-state index is -3.75. The summed E-state index contributed by atoms with van der Waals surface area (Å²) < 4.78 is 40.9. The van der Waals surface area contributed by atoms with Gasteiger partial charge in [-0.1, -0.05) is 18.2 Å². The van der Waals surface area contributed by atoms with Gasteiger partial charge in [0, 0.05) is 18.8 Å². The third kappa shape index (κ3) is 6.09. The number of carbonyl (C=O) groups excluding carboxylic acids is 1. The van der Waals surface area contributed by atoms with Gasteiger partial charge < -0.3 is 10.1 Å². The van der Waals surface area contributed by atoms with E-state index in [2.05, 4.69) is 10.3 Å². The normalized spacial score (nSPS) is 11.1. The number of hydrogen-bond donors (Lipinski definition) is 2. The first kappa shape index (κ1) is 20.4. The van der Waals surface area contributed by atoms with E-state index in [4.69, 9.17) is 9.88 Å². The number of carbonyl (C=O) groups is 1. The maximum atomic E-state index is 12.9. The number of nitrogens with zero attached hydrogens (tertiary/aromatic N) is 1. The number of amides is 1. The van der Waals surface area contributed by atoms with Gasteiger partial charge in [-0.25, -0.2) is 22.9 Å². The van der Waals surface area contributed by atoms with Gasteiger partial charge in [-0.05, 0) is 47.5 Å². The molecule has 9 heteroatoms. The van der Waals surface area contributed by atoms with Crippen molar-refractivity contribution in [1.82, 2.24) is 10.3 Å². The van der Waals surface area contributed by atoms with E-state index in [-0.39, 0.29) is 29.6 Å². The highest BCUT2D eigenvalue weighted by Gasteiger charge is 2.09. The van der Waals surface area contributed by atoms with Crippen LogP contribution in [0.3, 0.4) is 0 Å². The van der Waals surface area contributed by atoms with Crippen molar-refractivity contribution in [2.24, 2.45) is 5.14 Å². The van der Waals surface area contributed by atoms with Crippen molar-refractivity contribution >= 4 is 15.9 Å². The number of hydrogen-bond acceptors (Lipinski definition) is 5. The number of primary sulfonamides is 1. The molecule has 1 aromatic heterocycles. The lowest BCUT2D eigenvalue weighted by molar-refractivity contribution is -0.120. The van der Waals surface area contributed by atoms with E-state index in [0.717, 1.165) is 5.56 Å². The molecule has 29 heavy (non-hydrogen) atoms. The van der Waals surface area contributed by atoms with Crippen molar-refractivity contribution in [3.8, 4) is 11.6 Å². The summed E-state index contributed by atoms with van der Waals surface area (Å²) in [6.07, 6.45) is 1.67. The Kier molecular flexibility index (Phi) is 6.20. The van der Waals surface area contributed by atoms with Crippen LogP contribution in [-0.4, -0.2) is 19.3 Å². The molecule has 0 radical (unpaired) electrons. The highest BCUT2D eigenvalue weighted by molar-refractivity contribution is 7.89. The monoisotopic (exact) mass is 415 g/mol. The lowest BCUT2D eigenvalue weighted by atomic mass is 10.1. The molecule has 0 saturated carbocycles. The number of sulfonamides is 1. The summed E-state index contributed by atoms with van der Waals surface area (Å²) in [5.41, 5.74) is 1.44. The fourth-order valence-electron chi connectivity index (χ4n) is 2.44. The van der Waals surface area contributed by atoms with E-state index in [9.17, 15) is 17.6 Å². The summed E-state index contributed by atoms with van der Waals surface area (Å²) in [7, 11) is -3.75. The molecular weight excluding hydrogens is 397 g/mol. The van der Waals surface area contributed by atoms with Crippen LogP contribution >= 0.6 is 0 Å². The zero-order valence-corrected chi connectivity index (χ0v) is 16.0. The van der Waals surface area contributed by atoms with Gasteiger partial charge in [0.2, 0.25) is 21.8 Å². The third-order valence-corrected chi connectivity index (χ3v) is 4.87. The summed E-state index contributed by atoms with van der Waals surface area (Å²) in [4.78, 5) is 16.2. The Bertz CT molecular complexity index is 1080. The van der Waals surface area contributed by atoms with Crippen LogP contribution < -0.4 is 15.2 Å². The molecule has 0 bridgehead atoms. The van der Waals surface area contributed by atoms with Crippen LogP contribution in [0.2, 0.25) is 0 Å². The van der Waals surface area contributed by atoms with Crippen LogP contribution in [0.25, 0.3) is 0 Å². The molecule has 3 N–H and O–H groups in total. The van der Waals surface area contributed by atoms with Crippen LogP contribution in [0, 0.1) is 5.82 Å². The molecule has 0 aliphatic carbocycles. The van der Waals surface area contributed by atoms with Crippen molar-refractivity contribution in [2.75, 3.05) is 0 Å². The molecule has 3 rings (SSSR count). The maximum absolute atomic E-state index is 12.9. The Morgan fingerprint density at radius 2 is 1.66 bits per heavy atom. The van der Waals surface area contributed by atoms with Crippen LogP contribution in [0.15, 0.2) is 71.8 Å². The second-order valence-corrected chi connectivity index (χ2v) is 7.76. The molecular formula is C20H18FN3O4S. The zero-order chi connectivity index (χ0) is 20.9. The van der Waals surface area contributed by atoms with Crippen LogP contribution in [0.5, 0.6) is 11.6 Å². The summed E-state index contributed by atoms with van der Waals surface area (Å²) in [5, 5.41) is 7.81. The molecule has 7 nitrogen and oxygen atoms in total. The van der Waals surface area contributed by atoms with Gasteiger partial charge in [-0.3, -0.25) is 4.79 Å². The largest absolute Gasteiger partial charge is 0.439 e.